The molecule has 2 N–H and O–H groups in total. The molecule has 2 atom stereocenters. The fourth-order valence-electron chi connectivity index (χ4n) is 3.11. The molecule has 22 heavy (non-hydrogen) atoms. The fraction of sp³-hybridized carbons (Fsp3) is 0.375. The molecule has 1 aromatic heterocycles. The fourth-order valence-corrected chi connectivity index (χ4v) is 3.11. The summed E-state index contributed by atoms with van der Waals surface area (Å²) in [5, 5.41) is 9.95. The van der Waals surface area contributed by atoms with Crippen LogP contribution in [0.25, 0.3) is 10.9 Å². The number of H-pyrrole nitrogens is 1. The minimum Gasteiger partial charge on any atom is -0.481 e. The van der Waals surface area contributed by atoms with Crippen molar-refractivity contribution in [2.75, 3.05) is 13.1 Å². The second-order valence-corrected chi connectivity index (χ2v) is 6.00. The van der Waals surface area contributed by atoms with Crippen LogP contribution in [0.3, 0.4) is 0 Å². The number of aromatic nitrogens is 1. The number of likely N-dealkylation sites (tertiary alicyclic amines) is 1. The minimum atomic E-state index is -0.877. The van der Waals surface area contributed by atoms with Gasteiger partial charge in [-0.25, -0.2) is 4.39 Å². The molecule has 116 valence electrons. The summed E-state index contributed by atoms with van der Waals surface area (Å²) in [6.45, 7) is 4.24. The topological polar surface area (TPSA) is 73.4 Å². The van der Waals surface area contributed by atoms with E-state index >= 15 is 0 Å². The summed E-state index contributed by atoms with van der Waals surface area (Å²) in [5.74, 6) is -2.09. The number of carboxylic acid groups (broad SMARTS) is 1. The van der Waals surface area contributed by atoms with Crippen LogP contribution < -0.4 is 0 Å². The molecule has 1 aromatic carbocycles. The van der Waals surface area contributed by atoms with Crippen molar-refractivity contribution < 1.29 is 19.1 Å². The van der Waals surface area contributed by atoms with Crippen molar-refractivity contribution in [1.29, 1.82) is 0 Å². The van der Waals surface area contributed by atoms with Gasteiger partial charge < -0.3 is 15.0 Å². The van der Waals surface area contributed by atoms with Gasteiger partial charge in [0, 0.05) is 24.0 Å². The van der Waals surface area contributed by atoms with Crippen LogP contribution in [0, 0.1) is 24.6 Å². The molecule has 0 spiro atoms. The number of aliphatic carboxylic acids is 1. The van der Waals surface area contributed by atoms with Gasteiger partial charge in [0.2, 0.25) is 0 Å². The molecule has 0 aliphatic carbocycles. The molecule has 0 radical (unpaired) electrons. The number of amides is 1. The second-order valence-electron chi connectivity index (χ2n) is 6.00. The minimum absolute atomic E-state index is 0.0787. The molecule has 0 unspecified atom stereocenters. The molecule has 3 rings (SSSR count). The smallest absolute Gasteiger partial charge is 0.308 e. The number of benzene rings is 1. The summed E-state index contributed by atoms with van der Waals surface area (Å²) in [5.41, 5.74) is 1.69. The predicted octanol–water partition coefficient (Wildman–Crippen LogP) is 2.41. The normalized spacial score (nSPS) is 21.5. The Balaban J connectivity index is 1.90. The number of hydrogen-bond acceptors (Lipinski definition) is 2. The predicted molar refractivity (Wildman–Crippen MR) is 79.2 cm³/mol. The Morgan fingerprint density at radius 2 is 2.05 bits per heavy atom. The highest BCUT2D eigenvalue weighted by Crippen LogP contribution is 2.26. The Morgan fingerprint density at radius 1 is 1.32 bits per heavy atom. The zero-order valence-electron chi connectivity index (χ0n) is 12.4. The molecule has 5 nitrogen and oxygen atoms in total. The molecular weight excluding hydrogens is 287 g/mol. The third-order valence-electron chi connectivity index (χ3n) is 4.36. The number of carboxylic acids is 1. The molecular formula is C16H17FN2O3. The van der Waals surface area contributed by atoms with Crippen LogP contribution in [0.2, 0.25) is 0 Å². The lowest BCUT2D eigenvalue weighted by Crippen LogP contribution is -2.30. The molecule has 0 saturated carbocycles. The highest BCUT2D eigenvalue weighted by molar-refractivity contribution is 5.99. The molecule has 1 fully saturated rings. The zero-order chi connectivity index (χ0) is 16.0. The first-order valence-corrected chi connectivity index (χ1v) is 7.17. The lowest BCUT2D eigenvalue weighted by atomic mass is 9.99. The van der Waals surface area contributed by atoms with Crippen molar-refractivity contribution in [3.05, 3.63) is 35.3 Å². The number of nitrogens with zero attached hydrogens (tertiary/aromatic N) is 1. The molecule has 2 heterocycles. The maximum Gasteiger partial charge on any atom is 0.308 e. The Hall–Kier alpha value is -2.37. The highest BCUT2D eigenvalue weighted by atomic mass is 19.1. The van der Waals surface area contributed by atoms with E-state index in [4.69, 9.17) is 5.11 Å². The van der Waals surface area contributed by atoms with Gasteiger partial charge in [-0.1, -0.05) is 6.92 Å². The Bertz CT molecular complexity index is 768. The molecule has 0 bridgehead atoms. The van der Waals surface area contributed by atoms with Crippen LogP contribution >= 0.6 is 0 Å². The quantitative estimate of drug-likeness (QED) is 0.895. The van der Waals surface area contributed by atoms with Crippen molar-refractivity contribution >= 4 is 22.8 Å². The van der Waals surface area contributed by atoms with Gasteiger partial charge in [-0.3, -0.25) is 9.59 Å². The molecule has 1 amide bonds. The van der Waals surface area contributed by atoms with Crippen molar-refractivity contribution in [3.8, 4) is 0 Å². The van der Waals surface area contributed by atoms with Gasteiger partial charge in [-0.05, 0) is 36.6 Å². The molecule has 2 aromatic rings. The van der Waals surface area contributed by atoms with Crippen LogP contribution in [0.15, 0.2) is 18.2 Å². The number of aromatic amines is 1. The number of carbonyl (C=O) groups is 2. The standard InChI is InChI=1S/C16H17FN2O3/c1-8-3-10(17)4-13-11(8)5-14(18-13)15(20)19-6-9(2)12(7-19)16(21)22/h3-5,9,12,18H,6-7H2,1-2H3,(H,21,22)/t9-,12-/m1/s1. The van der Waals surface area contributed by atoms with Crippen LogP contribution in [-0.4, -0.2) is 40.0 Å². The molecule has 1 saturated heterocycles. The van der Waals surface area contributed by atoms with Crippen molar-refractivity contribution in [3.63, 3.8) is 0 Å². The van der Waals surface area contributed by atoms with E-state index in [1.807, 2.05) is 6.92 Å². The summed E-state index contributed by atoms with van der Waals surface area (Å²) in [6.07, 6.45) is 0. The Morgan fingerprint density at radius 3 is 2.68 bits per heavy atom. The van der Waals surface area contributed by atoms with Gasteiger partial charge in [-0.2, -0.15) is 0 Å². The monoisotopic (exact) mass is 304 g/mol. The summed E-state index contributed by atoms with van der Waals surface area (Å²) in [4.78, 5) is 28.2. The number of rotatable bonds is 2. The van der Waals surface area contributed by atoms with Gasteiger partial charge in [0.25, 0.3) is 5.91 Å². The molecule has 6 heteroatoms. The summed E-state index contributed by atoms with van der Waals surface area (Å²) < 4.78 is 13.4. The van der Waals surface area contributed by atoms with E-state index in [2.05, 4.69) is 4.98 Å². The second kappa shape index (κ2) is 5.12. The van der Waals surface area contributed by atoms with Crippen LogP contribution in [0.1, 0.15) is 23.0 Å². The number of aryl methyl sites for hydroxylation is 1. The van der Waals surface area contributed by atoms with E-state index in [0.29, 0.717) is 17.8 Å². The SMILES string of the molecule is Cc1cc(F)cc2[nH]c(C(=O)N3C[C@@H](C)[C@H](C(=O)O)C3)cc12. The van der Waals surface area contributed by atoms with Crippen LogP contribution in [0.4, 0.5) is 4.39 Å². The van der Waals surface area contributed by atoms with Crippen LogP contribution in [-0.2, 0) is 4.79 Å². The number of nitrogens with one attached hydrogen (secondary N) is 1. The van der Waals surface area contributed by atoms with Gasteiger partial charge in [0.15, 0.2) is 0 Å². The van der Waals surface area contributed by atoms with E-state index in [9.17, 15) is 14.0 Å². The first kappa shape index (κ1) is 14.6. The Kier molecular flexibility index (Phi) is 3.39. The zero-order valence-corrected chi connectivity index (χ0v) is 12.4. The summed E-state index contributed by atoms with van der Waals surface area (Å²) >= 11 is 0. The number of hydrogen-bond donors (Lipinski definition) is 2. The van der Waals surface area contributed by atoms with Gasteiger partial charge >= 0.3 is 5.97 Å². The average molecular weight is 304 g/mol. The van der Waals surface area contributed by atoms with Gasteiger partial charge in [0.1, 0.15) is 11.5 Å². The maximum atomic E-state index is 13.4. The number of carbonyl (C=O) groups excluding carboxylic acids is 1. The lowest BCUT2D eigenvalue weighted by molar-refractivity contribution is -0.142. The molecule has 1 aliphatic rings. The first-order chi connectivity index (χ1) is 10.4. The lowest BCUT2D eigenvalue weighted by Gasteiger charge is -2.14. The van der Waals surface area contributed by atoms with Crippen LogP contribution in [0.5, 0.6) is 0 Å². The van der Waals surface area contributed by atoms with E-state index in [1.54, 1.807) is 17.9 Å². The van der Waals surface area contributed by atoms with E-state index in [-0.39, 0.29) is 24.2 Å². The molecule has 1 aliphatic heterocycles. The number of fused-ring (bicyclic) bond motifs is 1. The summed E-state index contributed by atoms with van der Waals surface area (Å²) in [6, 6.07) is 4.47. The van der Waals surface area contributed by atoms with Crippen molar-refractivity contribution in [1.82, 2.24) is 9.88 Å². The van der Waals surface area contributed by atoms with Gasteiger partial charge in [0.05, 0.1) is 5.92 Å². The van der Waals surface area contributed by atoms with E-state index in [1.165, 1.54) is 12.1 Å². The van der Waals surface area contributed by atoms with E-state index < -0.39 is 11.9 Å². The third kappa shape index (κ3) is 2.34. The highest BCUT2D eigenvalue weighted by Gasteiger charge is 2.37. The largest absolute Gasteiger partial charge is 0.481 e. The first-order valence-electron chi connectivity index (χ1n) is 7.17. The van der Waals surface area contributed by atoms with Crippen molar-refractivity contribution in [2.24, 2.45) is 11.8 Å². The number of halogens is 1. The third-order valence-corrected chi connectivity index (χ3v) is 4.36. The van der Waals surface area contributed by atoms with E-state index in [0.717, 1.165) is 10.9 Å². The van der Waals surface area contributed by atoms with Gasteiger partial charge in [-0.15, -0.1) is 0 Å². The average Bonchev–Trinajstić information content (AvgIpc) is 3.01. The van der Waals surface area contributed by atoms with Crippen molar-refractivity contribution in [2.45, 2.75) is 13.8 Å². The maximum absolute atomic E-state index is 13.4. The Labute approximate surface area is 126 Å². The summed E-state index contributed by atoms with van der Waals surface area (Å²) in [7, 11) is 0.